The lowest BCUT2D eigenvalue weighted by atomic mass is 10.4. The topological polar surface area (TPSA) is 62.6 Å². The molecule has 0 fully saturated rings. The first kappa shape index (κ1) is 15.3. The lowest BCUT2D eigenvalue weighted by Gasteiger charge is -2.15. The van der Waals surface area contributed by atoms with Gasteiger partial charge in [0.2, 0.25) is 5.91 Å². The highest BCUT2D eigenvalue weighted by atomic mass is 32.1. The maximum absolute atomic E-state index is 12.0. The highest BCUT2D eigenvalue weighted by molar-refractivity contribution is 7.13. The number of nitrogens with one attached hydrogen (secondary N) is 1. The van der Waals surface area contributed by atoms with E-state index in [0.29, 0.717) is 11.4 Å². The van der Waals surface area contributed by atoms with Crippen LogP contribution in [0.4, 0.5) is 0 Å². The van der Waals surface area contributed by atoms with Gasteiger partial charge in [0.15, 0.2) is 0 Å². The van der Waals surface area contributed by atoms with E-state index in [9.17, 15) is 9.59 Å². The second-order valence-corrected chi connectivity index (χ2v) is 6.14. The maximum atomic E-state index is 12.0. The summed E-state index contributed by atoms with van der Waals surface area (Å²) in [5, 5.41) is 2.63. The van der Waals surface area contributed by atoms with E-state index in [2.05, 4.69) is 5.32 Å². The fraction of sp³-hybridized carbons (Fsp3) is 0.333. The summed E-state index contributed by atoms with van der Waals surface area (Å²) in [5.74, 6) is 1.16. The minimum absolute atomic E-state index is 0.0219. The molecule has 0 aromatic carbocycles. The molecule has 0 atom stereocenters. The first-order valence-electron chi connectivity index (χ1n) is 6.59. The van der Waals surface area contributed by atoms with Crippen LogP contribution >= 0.6 is 11.3 Å². The highest BCUT2D eigenvalue weighted by Gasteiger charge is 2.14. The van der Waals surface area contributed by atoms with Crippen molar-refractivity contribution in [3.8, 4) is 0 Å². The maximum Gasteiger partial charge on any atom is 0.261 e. The standard InChI is InChI=1S/C15H18N2O3S/c1-10-4-6-12(20-10)9-17(3)14(18)8-16-15(19)13-7-5-11(2)21-13/h4-7H,8-9H2,1-3H3,(H,16,19). The largest absolute Gasteiger partial charge is 0.464 e. The van der Waals surface area contributed by atoms with Crippen LogP contribution in [0.2, 0.25) is 0 Å². The summed E-state index contributed by atoms with van der Waals surface area (Å²) >= 11 is 1.41. The van der Waals surface area contributed by atoms with Crippen molar-refractivity contribution in [1.29, 1.82) is 0 Å². The monoisotopic (exact) mass is 306 g/mol. The van der Waals surface area contributed by atoms with Crippen LogP contribution in [-0.2, 0) is 11.3 Å². The Morgan fingerprint density at radius 3 is 2.57 bits per heavy atom. The summed E-state index contributed by atoms with van der Waals surface area (Å²) in [6.07, 6.45) is 0. The molecule has 0 saturated carbocycles. The molecule has 0 radical (unpaired) electrons. The van der Waals surface area contributed by atoms with E-state index in [1.54, 1.807) is 13.1 Å². The average molecular weight is 306 g/mol. The van der Waals surface area contributed by atoms with Crippen molar-refractivity contribution < 1.29 is 14.0 Å². The summed E-state index contributed by atoms with van der Waals surface area (Å²) in [7, 11) is 1.68. The number of rotatable bonds is 5. The molecular weight excluding hydrogens is 288 g/mol. The van der Waals surface area contributed by atoms with Gasteiger partial charge in [-0.1, -0.05) is 0 Å². The van der Waals surface area contributed by atoms with Crippen molar-refractivity contribution in [2.24, 2.45) is 0 Å². The lowest BCUT2D eigenvalue weighted by Crippen LogP contribution is -2.37. The van der Waals surface area contributed by atoms with E-state index in [0.717, 1.165) is 16.4 Å². The van der Waals surface area contributed by atoms with Crippen molar-refractivity contribution in [3.05, 3.63) is 45.5 Å². The van der Waals surface area contributed by atoms with Gasteiger partial charge in [0.25, 0.3) is 5.91 Å². The van der Waals surface area contributed by atoms with Crippen molar-refractivity contribution >= 4 is 23.2 Å². The van der Waals surface area contributed by atoms with Gasteiger partial charge in [0.05, 0.1) is 18.0 Å². The van der Waals surface area contributed by atoms with Crippen LogP contribution in [0.25, 0.3) is 0 Å². The number of hydrogen-bond donors (Lipinski definition) is 1. The second kappa shape index (κ2) is 6.58. The Bertz CT molecular complexity index is 645. The molecule has 2 aromatic heterocycles. The Morgan fingerprint density at radius 1 is 1.24 bits per heavy atom. The number of aryl methyl sites for hydroxylation is 2. The van der Waals surface area contributed by atoms with Crippen LogP contribution in [0.15, 0.2) is 28.7 Å². The molecule has 2 aromatic rings. The van der Waals surface area contributed by atoms with Gasteiger partial charge in [-0.25, -0.2) is 0 Å². The molecule has 0 spiro atoms. The summed E-state index contributed by atoms with van der Waals surface area (Å²) in [6.45, 7) is 4.16. The van der Waals surface area contributed by atoms with Gasteiger partial charge in [-0.15, -0.1) is 11.3 Å². The van der Waals surface area contributed by atoms with Crippen LogP contribution in [0.1, 0.15) is 26.1 Å². The van der Waals surface area contributed by atoms with Crippen LogP contribution in [0.3, 0.4) is 0 Å². The minimum Gasteiger partial charge on any atom is -0.464 e. The normalized spacial score (nSPS) is 10.4. The summed E-state index contributed by atoms with van der Waals surface area (Å²) in [5.41, 5.74) is 0. The molecule has 5 nitrogen and oxygen atoms in total. The zero-order chi connectivity index (χ0) is 15.4. The second-order valence-electron chi connectivity index (χ2n) is 4.86. The number of hydrogen-bond acceptors (Lipinski definition) is 4. The number of likely N-dealkylation sites (N-methyl/N-ethyl adjacent to an activating group) is 1. The van der Waals surface area contributed by atoms with Crippen LogP contribution < -0.4 is 5.32 Å². The van der Waals surface area contributed by atoms with Crippen LogP contribution in [-0.4, -0.2) is 30.3 Å². The molecule has 0 aliphatic carbocycles. The van der Waals surface area contributed by atoms with Crippen molar-refractivity contribution in [3.63, 3.8) is 0 Å². The van der Waals surface area contributed by atoms with Gasteiger partial charge >= 0.3 is 0 Å². The first-order valence-corrected chi connectivity index (χ1v) is 7.41. The fourth-order valence-electron chi connectivity index (χ4n) is 1.83. The zero-order valence-corrected chi connectivity index (χ0v) is 13.1. The first-order chi connectivity index (χ1) is 9.95. The smallest absolute Gasteiger partial charge is 0.261 e. The molecule has 0 bridgehead atoms. The van der Waals surface area contributed by atoms with E-state index < -0.39 is 0 Å². The van der Waals surface area contributed by atoms with Crippen LogP contribution in [0, 0.1) is 13.8 Å². The summed E-state index contributed by atoms with van der Waals surface area (Å²) in [6, 6.07) is 7.34. The molecule has 21 heavy (non-hydrogen) atoms. The molecule has 2 heterocycles. The summed E-state index contributed by atoms with van der Waals surface area (Å²) in [4.78, 5) is 27.0. The number of amides is 2. The van der Waals surface area contributed by atoms with Gasteiger partial charge in [-0.3, -0.25) is 9.59 Å². The third-order valence-corrected chi connectivity index (χ3v) is 3.98. The fourth-order valence-corrected chi connectivity index (χ4v) is 2.61. The third kappa shape index (κ3) is 4.19. The van der Waals surface area contributed by atoms with Crippen molar-refractivity contribution in [2.45, 2.75) is 20.4 Å². The molecular formula is C15H18N2O3S. The number of thiophene rings is 1. The molecule has 112 valence electrons. The minimum atomic E-state index is -0.219. The van der Waals surface area contributed by atoms with Crippen molar-refractivity contribution in [1.82, 2.24) is 10.2 Å². The van der Waals surface area contributed by atoms with Gasteiger partial charge in [0.1, 0.15) is 11.5 Å². The Kier molecular flexibility index (Phi) is 4.80. The predicted molar refractivity (Wildman–Crippen MR) is 81.3 cm³/mol. The average Bonchev–Trinajstić information content (AvgIpc) is 3.04. The third-order valence-electron chi connectivity index (χ3n) is 2.98. The number of furan rings is 1. The Balaban J connectivity index is 1.82. The van der Waals surface area contributed by atoms with E-state index in [1.807, 2.05) is 32.0 Å². The Labute approximate surface area is 127 Å². The SMILES string of the molecule is Cc1ccc(CN(C)C(=O)CNC(=O)c2ccc(C)s2)o1. The van der Waals surface area contributed by atoms with E-state index in [1.165, 1.54) is 16.2 Å². The summed E-state index contributed by atoms with van der Waals surface area (Å²) < 4.78 is 5.42. The molecule has 0 saturated heterocycles. The van der Waals surface area contributed by atoms with Gasteiger partial charge in [-0.05, 0) is 38.1 Å². The molecule has 0 unspecified atom stereocenters. The zero-order valence-electron chi connectivity index (χ0n) is 12.3. The number of carbonyl (C=O) groups is 2. The van der Waals surface area contributed by atoms with Gasteiger partial charge in [-0.2, -0.15) is 0 Å². The Morgan fingerprint density at radius 2 is 2.00 bits per heavy atom. The van der Waals surface area contributed by atoms with E-state index in [-0.39, 0.29) is 18.4 Å². The van der Waals surface area contributed by atoms with Crippen LogP contribution in [0.5, 0.6) is 0 Å². The highest BCUT2D eigenvalue weighted by Crippen LogP contribution is 2.14. The number of nitrogens with zero attached hydrogens (tertiary/aromatic N) is 1. The van der Waals surface area contributed by atoms with E-state index >= 15 is 0 Å². The molecule has 0 aliphatic heterocycles. The van der Waals surface area contributed by atoms with Gasteiger partial charge < -0.3 is 14.6 Å². The molecule has 6 heteroatoms. The van der Waals surface area contributed by atoms with Crippen molar-refractivity contribution in [2.75, 3.05) is 13.6 Å². The Hall–Kier alpha value is -2.08. The molecule has 0 aliphatic rings. The lowest BCUT2D eigenvalue weighted by molar-refractivity contribution is -0.129. The quantitative estimate of drug-likeness (QED) is 0.922. The number of carbonyl (C=O) groups excluding carboxylic acids is 2. The predicted octanol–water partition coefficient (Wildman–Crippen LogP) is 2.35. The molecule has 2 amide bonds. The molecule has 1 N–H and O–H groups in total. The van der Waals surface area contributed by atoms with Gasteiger partial charge in [0, 0.05) is 11.9 Å². The van der Waals surface area contributed by atoms with E-state index in [4.69, 9.17) is 4.42 Å². The molecule has 2 rings (SSSR count).